The second-order valence-electron chi connectivity index (χ2n) is 4.57. The number of rotatable bonds is 5. The van der Waals surface area contributed by atoms with E-state index in [-0.39, 0.29) is 24.6 Å². The van der Waals surface area contributed by atoms with Gasteiger partial charge >= 0.3 is 0 Å². The Morgan fingerprint density at radius 3 is 2.62 bits per heavy atom. The fraction of sp³-hybridized carbons (Fsp3) is 0.429. The molecule has 1 aromatic rings. The van der Waals surface area contributed by atoms with E-state index in [2.05, 4.69) is 15.6 Å². The van der Waals surface area contributed by atoms with Gasteiger partial charge in [-0.3, -0.25) is 4.79 Å². The molecule has 0 fully saturated rings. The molecule has 0 aliphatic heterocycles. The first-order valence-corrected chi connectivity index (χ1v) is 6.60. The van der Waals surface area contributed by atoms with Gasteiger partial charge in [0.2, 0.25) is 5.91 Å². The van der Waals surface area contributed by atoms with Gasteiger partial charge < -0.3 is 15.5 Å². The molecule has 2 N–H and O–H groups in total. The number of halogens is 2. The lowest BCUT2D eigenvalue weighted by atomic mass is 10.2. The van der Waals surface area contributed by atoms with E-state index in [1.807, 2.05) is 6.92 Å². The maximum absolute atomic E-state index is 13.5. The van der Waals surface area contributed by atoms with E-state index < -0.39 is 11.6 Å². The standard InChI is InChI=1S/C14H20F2N4O/c1-4-17-14(19-9-13(21)20(2)3)18-8-10-7-11(15)5-6-12(10)16/h5-7H,4,8-9H2,1-3H3,(H2,17,18,19). The van der Waals surface area contributed by atoms with Gasteiger partial charge in [0.1, 0.15) is 11.6 Å². The number of nitrogens with zero attached hydrogens (tertiary/aromatic N) is 2. The first-order chi connectivity index (χ1) is 9.93. The van der Waals surface area contributed by atoms with Crippen LogP contribution in [0.4, 0.5) is 8.78 Å². The highest BCUT2D eigenvalue weighted by Gasteiger charge is 2.07. The fourth-order valence-electron chi connectivity index (χ4n) is 1.49. The van der Waals surface area contributed by atoms with Crippen molar-refractivity contribution in [2.75, 3.05) is 27.2 Å². The van der Waals surface area contributed by atoms with Gasteiger partial charge in [-0.15, -0.1) is 0 Å². The Kier molecular flexibility index (Phi) is 6.58. The molecule has 1 amide bonds. The van der Waals surface area contributed by atoms with Crippen LogP contribution in [0, 0.1) is 11.6 Å². The van der Waals surface area contributed by atoms with Gasteiger partial charge in [0.15, 0.2) is 5.96 Å². The summed E-state index contributed by atoms with van der Waals surface area (Å²) in [5.74, 6) is -0.767. The Balaban J connectivity index is 2.71. The molecule has 0 aliphatic rings. The van der Waals surface area contributed by atoms with E-state index in [0.717, 1.165) is 18.2 Å². The second-order valence-corrected chi connectivity index (χ2v) is 4.57. The lowest BCUT2D eigenvalue weighted by molar-refractivity contribution is -0.127. The monoisotopic (exact) mass is 298 g/mol. The van der Waals surface area contributed by atoms with Crippen molar-refractivity contribution in [3.05, 3.63) is 35.4 Å². The third-order valence-corrected chi connectivity index (χ3v) is 2.67. The predicted molar refractivity (Wildman–Crippen MR) is 77.9 cm³/mol. The minimum atomic E-state index is -0.514. The van der Waals surface area contributed by atoms with Crippen LogP contribution in [0.1, 0.15) is 12.5 Å². The van der Waals surface area contributed by atoms with Gasteiger partial charge in [-0.1, -0.05) is 0 Å². The number of carbonyl (C=O) groups excluding carboxylic acids is 1. The Hall–Kier alpha value is -2.18. The highest BCUT2D eigenvalue weighted by atomic mass is 19.1. The smallest absolute Gasteiger partial charge is 0.241 e. The van der Waals surface area contributed by atoms with Gasteiger partial charge in [0.05, 0.1) is 13.1 Å². The molecule has 0 spiro atoms. The third-order valence-electron chi connectivity index (χ3n) is 2.67. The molecule has 5 nitrogen and oxygen atoms in total. The molecule has 0 saturated carbocycles. The van der Waals surface area contributed by atoms with Crippen LogP contribution in [-0.4, -0.2) is 44.0 Å². The largest absolute Gasteiger partial charge is 0.357 e. The molecule has 0 saturated heterocycles. The van der Waals surface area contributed by atoms with Crippen LogP contribution in [0.25, 0.3) is 0 Å². The summed E-state index contributed by atoms with van der Waals surface area (Å²) in [6.07, 6.45) is 0. The number of hydrogen-bond acceptors (Lipinski definition) is 2. The first-order valence-electron chi connectivity index (χ1n) is 6.60. The van der Waals surface area contributed by atoms with E-state index in [1.54, 1.807) is 14.1 Å². The van der Waals surface area contributed by atoms with E-state index in [9.17, 15) is 13.6 Å². The molecular weight excluding hydrogens is 278 g/mol. The van der Waals surface area contributed by atoms with Gasteiger partial charge in [0.25, 0.3) is 0 Å². The highest BCUT2D eigenvalue weighted by Crippen LogP contribution is 2.10. The summed E-state index contributed by atoms with van der Waals surface area (Å²) in [5.41, 5.74) is 0.158. The van der Waals surface area contributed by atoms with Crippen molar-refractivity contribution in [2.24, 2.45) is 4.99 Å². The van der Waals surface area contributed by atoms with Gasteiger partial charge in [-0.05, 0) is 25.1 Å². The molecule has 1 rings (SSSR count). The van der Waals surface area contributed by atoms with Crippen LogP contribution in [0.15, 0.2) is 23.2 Å². The number of nitrogens with one attached hydrogen (secondary N) is 2. The van der Waals surface area contributed by atoms with Crippen LogP contribution < -0.4 is 10.6 Å². The summed E-state index contributed by atoms with van der Waals surface area (Å²) in [4.78, 5) is 17.1. The Morgan fingerprint density at radius 2 is 2.00 bits per heavy atom. The molecule has 0 heterocycles. The topological polar surface area (TPSA) is 56.7 Å². The summed E-state index contributed by atoms with van der Waals surface area (Å²) in [5, 5.41) is 5.77. The SMILES string of the molecule is CCNC(=NCc1cc(F)ccc1F)NCC(=O)N(C)C. The van der Waals surface area contributed by atoms with Crippen LogP contribution in [0.2, 0.25) is 0 Å². The summed E-state index contributed by atoms with van der Waals surface area (Å²) >= 11 is 0. The van der Waals surface area contributed by atoms with Crippen molar-refractivity contribution in [1.82, 2.24) is 15.5 Å². The maximum atomic E-state index is 13.5. The zero-order valence-corrected chi connectivity index (χ0v) is 12.4. The van der Waals surface area contributed by atoms with Gasteiger partial charge in [-0.25, -0.2) is 13.8 Å². The zero-order chi connectivity index (χ0) is 15.8. The lowest BCUT2D eigenvalue weighted by Crippen LogP contribution is -2.42. The van der Waals surface area contributed by atoms with Crippen molar-refractivity contribution in [3.8, 4) is 0 Å². The third kappa shape index (κ3) is 5.76. The number of benzene rings is 1. The molecule has 21 heavy (non-hydrogen) atoms. The Morgan fingerprint density at radius 1 is 1.29 bits per heavy atom. The quantitative estimate of drug-likeness (QED) is 0.632. The molecular formula is C14H20F2N4O. The van der Waals surface area contributed by atoms with Gasteiger partial charge in [0, 0.05) is 26.2 Å². The van der Waals surface area contributed by atoms with E-state index in [0.29, 0.717) is 12.5 Å². The van der Waals surface area contributed by atoms with Crippen LogP contribution in [0.5, 0.6) is 0 Å². The summed E-state index contributed by atoms with van der Waals surface area (Å²) in [7, 11) is 3.30. The average Bonchev–Trinajstić information content (AvgIpc) is 2.44. The number of hydrogen-bond donors (Lipinski definition) is 2. The van der Waals surface area contributed by atoms with Crippen LogP contribution in [0.3, 0.4) is 0 Å². The average molecular weight is 298 g/mol. The molecule has 0 aliphatic carbocycles. The minimum Gasteiger partial charge on any atom is -0.357 e. The predicted octanol–water partition coefficient (Wildman–Crippen LogP) is 1.11. The number of likely N-dealkylation sites (N-methyl/N-ethyl adjacent to an activating group) is 1. The molecule has 1 aromatic carbocycles. The highest BCUT2D eigenvalue weighted by molar-refractivity contribution is 5.86. The number of carbonyl (C=O) groups is 1. The molecule has 0 aromatic heterocycles. The van der Waals surface area contributed by atoms with Crippen molar-refractivity contribution < 1.29 is 13.6 Å². The zero-order valence-electron chi connectivity index (χ0n) is 12.4. The molecule has 0 atom stereocenters. The minimum absolute atomic E-state index is 0.0188. The number of amides is 1. The second kappa shape index (κ2) is 8.18. The Labute approximate surface area is 123 Å². The Bertz CT molecular complexity index is 518. The molecule has 116 valence electrons. The van der Waals surface area contributed by atoms with Crippen molar-refractivity contribution in [3.63, 3.8) is 0 Å². The van der Waals surface area contributed by atoms with E-state index >= 15 is 0 Å². The molecule has 7 heteroatoms. The van der Waals surface area contributed by atoms with Crippen LogP contribution in [-0.2, 0) is 11.3 Å². The van der Waals surface area contributed by atoms with Gasteiger partial charge in [-0.2, -0.15) is 0 Å². The maximum Gasteiger partial charge on any atom is 0.241 e. The molecule has 0 unspecified atom stereocenters. The summed E-state index contributed by atoms with van der Waals surface area (Å²) in [6, 6.07) is 3.23. The first kappa shape index (κ1) is 16.9. The van der Waals surface area contributed by atoms with Crippen LogP contribution >= 0.6 is 0 Å². The summed E-state index contributed by atoms with van der Waals surface area (Å²) in [6.45, 7) is 2.51. The fourth-order valence-corrected chi connectivity index (χ4v) is 1.49. The van der Waals surface area contributed by atoms with Crippen molar-refractivity contribution in [1.29, 1.82) is 0 Å². The summed E-state index contributed by atoms with van der Waals surface area (Å²) < 4.78 is 26.6. The number of aliphatic imine (C=N–C) groups is 1. The molecule has 0 bridgehead atoms. The number of guanidine groups is 1. The van der Waals surface area contributed by atoms with E-state index in [1.165, 1.54) is 4.90 Å². The van der Waals surface area contributed by atoms with E-state index in [4.69, 9.17) is 0 Å². The molecule has 0 radical (unpaired) electrons. The van der Waals surface area contributed by atoms with Crippen molar-refractivity contribution in [2.45, 2.75) is 13.5 Å². The lowest BCUT2D eigenvalue weighted by Gasteiger charge is -2.14. The normalized spacial score (nSPS) is 11.2. The van der Waals surface area contributed by atoms with Crippen molar-refractivity contribution >= 4 is 11.9 Å².